The summed E-state index contributed by atoms with van der Waals surface area (Å²) in [6.45, 7) is 0.727. The van der Waals surface area contributed by atoms with E-state index < -0.39 is 15.8 Å². The maximum atomic E-state index is 13.8. The second-order valence-electron chi connectivity index (χ2n) is 5.79. The molecule has 6 nitrogen and oxygen atoms in total. The third-order valence-corrected chi connectivity index (χ3v) is 4.93. The van der Waals surface area contributed by atoms with Crippen LogP contribution in [0.15, 0.2) is 30.6 Å². The smallest absolute Gasteiger partial charge is 0.254 e. The molecule has 1 saturated heterocycles. The molecule has 1 amide bonds. The van der Waals surface area contributed by atoms with E-state index in [0.29, 0.717) is 30.3 Å². The fourth-order valence-corrected chi connectivity index (χ4v) is 3.92. The normalized spacial score (nSPS) is 18.5. The lowest BCUT2D eigenvalue weighted by Gasteiger charge is -2.17. The molecule has 1 aromatic heterocycles. The van der Waals surface area contributed by atoms with Crippen LogP contribution in [0.3, 0.4) is 0 Å². The van der Waals surface area contributed by atoms with Crippen LogP contribution in [0.5, 0.6) is 0 Å². The van der Waals surface area contributed by atoms with E-state index in [9.17, 15) is 17.6 Å². The lowest BCUT2D eigenvalue weighted by atomic mass is 10.1. The third-order valence-electron chi connectivity index (χ3n) is 3.99. The van der Waals surface area contributed by atoms with Crippen LogP contribution in [0.1, 0.15) is 16.8 Å². The first-order valence-corrected chi connectivity index (χ1v) is 8.88. The number of benzene rings is 1. The Morgan fingerprint density at radius 3 is 2.96 bits per heavy atom. The Morgan fingerprint density at radius 1 is 1.43 bits per heavy atom. The molecule has 3 rings (SSSR count). The Morgan fingerprint density at radius 2 is 2.22 bits per heavy atom. The van der Waals surface area contributed by atoms with Crippen molar-refractivity contribution in [3.05, 3.63) is 42.0 Å². The first-order chi connectivity index (χ1) is 10.8. The quantitative estimate of drug-likeness (QED) is 0.908. The fraction of sp³-hybridized carbons (Fsp3) is 0.333. The Kier molecular flexibility index (Phi) is 4.03. The second kappa shape index (κ2) is 5.86. The molecular weight excluding hydrogens is 321 g/mol. The highest BCUT2D eigenvalue weighted by Gasteiger charge is 2.30. The molecule has 2 heterocycles. The first kappa shape index (κ1) is 15.8. The van der Waals surface area contributed by atoms with E-state index in [1.54, 1.807) is 6.07 Å². The number of fused-ring (bicyclic) bond motifs is 1. The Hall–Kier alpha value is -2.06. The molecule has 1 aliphatic heterocycles. The van der Waals surface area contributed by atoms with Gasteiger partial charge < -0.3 is 4.90 Å². The van der Waals surface area contributed by atoms with Gasteiger partial charge in [0.2, 0.25) is 10.0 Å². The van der Waals surface area contributed by atoms with Crippen LogP contribution in [0, 0.1) is 11.7 Å². The Labute approximate surface area is 133 Å². The summed E-state index contributed by atoms with van der Waals surface area (Å²) in [5.74, 6) is -1.15. The lowest BCUT2D eigenvalue weighted by molar-refractivity contribution is 0.0789. The third kappa shape index (κ3) is 3.48. The molecule has 1 fully saturated rings. The van der Waals surface area contributed by atoms with Crippen molar-refractivity contribution in [1.29, 1.82) is 0 Å². The number of aromatic nitrogens is 1. The standard InChI is InChI=1S/C15H16FN3O3S/c16-12-5-11-1-3-18-7-14(11)13(6-12)15(20)19-4-2-10(8-19)9-23(17,21)22/h1,3,5-7,10H,2,4,8-9H2,(H2,17,21,22). The van der Waals surface area contributed by atoms with E-state index in [1.807, 2.05) is 0 Å². The van der Waals surface area contributed by atoms with Crippen LogP contribution in [0.2, 0.25) is 0 Å². The zero-order valence-electron chi connectivity index (χ0n) is 12.3. The van der Waals surface area contributed by atoms with Gasteiger partial charge in [0.1, 0.15) is 5.82 Å². The highest BCUT2D eigenvalue weighted by molar-refractivity contribution is 7.89. The molecule has 1 atom stereocenters. The Bertz CT molecular complexity index is 869. The molecule has 122 valence electrons. The molecule has 0 radical (unpaired) electrons. The highest BCUT2D eigenvalue weighted by Crippen LogP contribution is 2.24. The topological polar surface area (TPSA) is 93.4 Å². The summed E-state index contributed by atoms with van der Waals surface area (Å²) in [4.78, 5) is 18.2. The minimum Gasteiger partial charge on any atom is -0.338 e. The summed E-state index contributed by atoms with van der Waals surface area (Å²) in [6, 6.07) is 4.18. The fourth-order valence-electron chi connectivity index (χ4n) is 2.99. The predicted octanol–water partition coefficient (Wildman–Crippen LogP) is 1.12. The number of hydrogen-bond acceptors (Lipinski definition) is 4. The van der Waals surface area contributed by atoms with Crippen LogP contribution in [-0.2, 0) is 10.0 Å². The van der Waals surface area contributed by atoms with Gasteiger partial charge in [0, 0.05) is 30.9 Å². The van der Waals surface area contributed by atoms with E-state index in [1.165, 1.54) is 29.4 Å². The number of carbonyl (C=O) groups is 1. The molecule has 2 aromatic rings. The van der Waals surface area contributed by atoms with Crippen molar-refractivity contribution in [3.63, 3.8) is 0 Å². The van der Waals surface area contributed by atoms with Crippen molar-refractivity contribution < 1.29 is 17.6 Å². The van der Waals surface area contributed by atoms with E-state index in [-0.39, 0.29) is 23.1 Å². The zero-order chi connectivity index (χ0) is 16.6. The molecule has 1 unspecified atom stereocenters. The van der Waals surface area contributed by atoms with Gasteiger partial charge in [0.05, 0.1) is 11.3 Å². The van der Waals surface area contributed by atoms with Gasteiger partial charge in [-0.15, -0.1) is 0 Å². The van der Waals surface area contributed by atoms with Gasteiger partial charge in [0.15, 0.2) is 0 Å². The average molecular weight is 337 g/mol. The van der Waals surface area contributed by atoms with Gasteiger partial charge >= 0.3 is 0 Å². The van der Waals surface area contributed by atoms with Gasteiger partial charge in [-0.2, -0.15) is 0 Å². The number of pyridine rings is 1. The molecular formula is C15H16FN3O3S. The van der Waals surface area contributed by atoms with Gasteiger partial charge in [-0.3, -0.25) is 9.78 Å². The number of nitrogens with zero attached hydrogens (tertiary/aromatic N) is 2. The Balaban J connectivity index is 1.87. The maximum absolute atomic E-state index is 13.8. The van der Waals surface area contributed by atoms with Crippen LogP contribution in [0.25, 0.3) is 10.8 Å². The molecule has 1 aromatic carbocycles. The molecule has 0 bridgehead atoms. The van der Waals surface area contributed by atoms with Gasteiger partial charge in [0.25, 0.3) is 5.91 Å². The van der Waals surface area contributed by atoms with Crippen molar-refractivity contribution in [2.24, 2.45) is 11.1 Å². The molecule has 1 aliphatic rings. The van der Waals surface area contributed by atoms with Crippen LogP contribution >= 0.6 is 0 Å². The monoisotopic (exact) mass is 337 g/mol. The van der Waals surface area contributed by atoms with Crippen molar-refractivity contribution in [2.45, 2.75) is 6.42 Å². The predicted molar refractivity (Wildman–Crippen MR) is 83.7 cm³/mol. The minimum absolute atomic E-state index is 0.151. The molecule has 0 saturated carbocycles. The number of nitrogens with two attached hydrogens (primary N) is 1. The zero-order valence-corrected chi connectivity index (χ0v) is 13.1. The number of amides is 1. The summed E-state index contributed by atoms with van der Waals surface area (Å²) in [5, 5.41) is 6.23. The summed E-state index contributed by atoms with van der Waals surface area (Å²) in [6.07, 6.45) is 3.63. The molecule has 8 heteroatoms. The van der Waals surface area contributed by atoms with Crippen molar-refractivity contribution >= 4 is 26.7 Å². The number of likely N-dealkylation sites (tertiary alicyclic amines) is 1. The number of halogens is 1. The van der Waals surface area contributed by atoms with Crippen LogP contribution in [-0.4, -0.2) is 43.1 Å². The van der Waals surface area contributed by atoms with E-state index in [0.717, 1.165) is 0 Å². The minimum atomic E-state index is -3.57. The molecule has 0 aliphatic carbocycles. The molecule has 23 heavy (non-hydrogen) atoms. The summed E-state index contributed by atoms with van der Waals surface area (Å²) in [7, 11) is -3.57. The summed E-state index contributed by atoms with van der Waals surface area (Å²) in [5.41, 5.74) is 0.240. The van der Waals surface area contributed by atoms with Crippen molar-refractivity contribution in [2.75, 3.05) is 18.8 Å². The largest absolute Gasteiger partial charge is 0.338 e. The van der Waals surface area contributed by atoms with Gasteiger partial charge in [-0.1, -0.05) is 0 Å². The number of sulfonamides is 1. The van der Waals surface area contributed by atoms with Crippen molar-refractivity contribution in [3.8, 4) is 0 Å². The van der Waals surface area contributed by atoms with E-state index in [4.69, 9.17) is 5.14 Å². The van der Waals surface area contributed by atoms with E-state index >= 15 is 0 Å². The van der Waals surface area contributed by atoms with Crippen LogP contribution in [0.4, 0.5) is 4.39 Å². The van der Waals surface area contributed by atoms with Crippen molar-refractivity contribution in [1.82, 2.24) is 9.88 Å². The number of primary sulfonamides is 1. The van der Waals surface area contributed by atoms with Gasteiger partial charge in [-0.25, -0.2) is 17.9 Å². The average Bonchev–Trinajstić information content (AvgIpc) is 2.92. The number of rotatable bonds is 3. The highest BCUT2D eigenvalue weighted by atomic mass is 32.2. The molecule has 2 N–H and O–H groups in total. The number of carbonyl (C=O) groups excluding carboxylic acids is 1. The van der Waals surface area contributed by atoms with E-state index in [2.05, 4.69) is 4.98 Å². The summed E-state index contributed by atoms with van der Waals surface area (Å²) < 4.78 is 36.1. The lowest BCUT2D eigenvalue weighted by Crippen LogP contribution is -2.31. The maximum Gasteiger partial charge on any atom is 0.254 e. The first-order valence-electron chi connectivity index (χ1n) is 7.16. The number of hydrogen-bond donors (Lipinski definition) is 1. The summed E-state index contributed by atoms with van der Waals surface area (Å²) >= 11 is 0. The van der Waals surface area contributed by atoms with Crippen LogP contribution < -0.4 is 5.14 Å². The van der Waals surface area contributed by atoms with Gasteiger partial charge in [-0.05, 0) is 35.9 Å². The molecule has 0 spiro atoms. The SMILES string of the molecule is NS(=O)(=O)CC1CCN(C(=O)c2cc(F)cc3ccncc23)C1. The second-order valence-corrected chi connectivity index (χ2v) is 7.44.